The predicted octanol–water partition coefficient (Wildman–Crippen LogP) is 3.09. The molecule has 1 aromatic carbocycles. The van der Waals surface area contributed by atoms with E-state index < -0.39 is 0 Å². The lowest BCUT2D eigenvalue weighted by atomic mass is 10.2. The summed E-state index contributed by atoms with van der Waals surface area (Å²) in [5, 5.41) is 9.64. The van der Waals surface area contributed by atoms with Crippen LogP contribution >= 0.6 is 11.6 Å². The van der Waals surface area contributed by atoms with Crippen LogP contribution in [0.2, 0.25) is 5.02 Å². The van der Waals surface area contributed by atoms with E-state index in [9.17, 15) is 0 Å². The van der Waals surface area contributed by atoms with Crippen LogP contribution in [0.1, 0.15) is 31.2 Å². The Morgan fingerprint density at radius 3 is 2.74 bits per heavy atom. The minimum Gasteiger partial charge on any atom is -0.497 e. The van der Waals surface area contributed by atoms with Crippen molar-refractivity contribution in [3.63, 3.8) is 0 Å². The number of ether oxygens (including phenoxy) is 1. The van der Waals surface area contributed by atoms with Gasteiger partial charge in [0.2, 0.25) is 0 Å². The van der Waals surface area contributed by atoms with Crippen LogP contribution < -0.4 is 4.74 Å². The molecule has 0 unspecified atom stereocenters. The number of benzene rings is 1. The average Bonchev–Trinajstić information content (AvgIpc) is 3.24. The summed E-state index contributed by atoms with van der Waals surface area (Å²) in [5.41, 5.74) is 1.15. The van der Waals surface area contributed by atoms with Gasteiger partial charge < -0.3 is 9.84 Å². The zero-order chi connectivity index (χ0) is 13.7. The molecule has 1 fully saturated rings. The maximum absolute atomic E-state index is 8.87. The van der Waals surface area contributed by atoms with Gasteiger partial charge >= 0.3 is 0 Å². The van der Waals surface area contributed by atoms with Crippen LogP contribution in [0.25, 0.3) is 0 Å². The Morgan fingerprint density at radius 2 is 2.16 bits per heavy atom. The van der Waals surface area contributed by atoms with E-state index in [1.54, 1.807) is 7.11 Å². The van der Waals surface area contributed by atoms with Crippen LogP contribution in [-0.4, -0.2) is 36.3 Å². The molecule has 0 saturated heterocycles. The van der Waals surface area contributed by atoms with Gasteiger partial charge in [-0.2, -0.15) is 0 Å². The fourth-order valence-electron chi connectivity index (χ4n) is 2.26. The Kier molecular flexibility index (Phi) is 5.49. The van der Waals surface area contributed by atoms with E-state index in [1.165, 1.54) is 12.8 Å². The number of methoxy groups -OCH3 is 1. The van der Waals surface area contributed by atoms with Crippen LogP contribution in [0.4, 0.5) is 0 Å². The van der Waals surface area contributed by atoms with Crippen molar-refractivity contribution in [2.24, 2.45) is 0 Å². The molecule has 19 heavy (non-hydrogen) atoms. The highest BCUT2D eigenvalue weighted by atomic mass is 35.5. The Labute approximate surface area is 120 Å². The SMILES string of the molecule is COc1ccc(CN(CCCCO)C2CC2)c(Cl)c1. The second-order valence-corrected chi connectivity index (χ2v) is 5.50. The molecular formula is C15H22ClNO2. The summed E-state index contributed by atoms with van der Waals surface area (Å²) in [6.45, 7) is 2.20. The molecule has 1 aliphatic rings. The first-order valence-electron chi connectivity index (χ1n) is 6.92. The molecule has 0 radical (unpaired) electrons. The van der Waals surface area contributed by atoms with Gasteiger partial charge in [0.15, 0.2) is 0 Å². The molecule has 1 saturated carbocycles. The molecule has 3 nitrogen and oxygen atoms in total. The minimum absolute atomic E-state index is 0.280. The summed E-state index contributed by atoms with van der Waals surface area (Å²) in [7, 11) is 1.65. The largest absolute Gasteiger partial charge is 0.497 e. The number of hydrogen-bond donors (Lipinski definition) is 1. The average molecular weight is 284 g/mol. The van der Waals surface area contributed by atoms with Crippen molar-refractivity contribution in [1.29, 1.82) is 0 Å². The molecule has 0 amide bonds. The molecule has 0 spiro atoms. The number of hydrogen-bond acceptors (Lipinski definition) is 3. The normalized spacial score (nSPS) is 14.9. The maximum atomic E-state index is 8.87. The molecule has 1 aliphatic carbocycles. The molecule has 0 aliphatic heterocycles. The van der Waals surface area contributed by atoms with E-state index in [-0.39, 0.29) is 6.61 Å². The molecule has 0 aromatic heterocycles. The van der Waals surface area contributed by atoms with E-state index in [0.29, 0.717) is 6.04 Å². The van der Waals surface area contributed by atoms with Crippen LogP contribution in [0, 0.1) is 0 Å². The van der Waals surface area contributed by atoms with Gasteiger partial charge in [-0.25, -0.2) is 0 Å². The standard InChI is InChI=1S/C15H22ClNO2/c1-19-14-7-4-12(15(16)10-14)11-17(13-5-6-13)8-2-3-9-18/h4,7,10,13,18H,2-3,5-6,8-9,11H2,1H3. The summed E-state index contributed by atoms with van der Waals surface area (Å²) >= 11 is 6.29. The molecule has 2 rings (SSSR count). The highest BCUT2D eigenvalue weighted by Gasteiger charge is 2.28. The van der Waals surface area contributed by atoms with Gasteiger partial charge in [0.25, 0.3) is 0 Å². The van der Waals surface area contributed by atoms with Crippen molar-refractivity contribution in [2.45, 2.75) is 38.3 Å². The Bertz CT molecular complexity index is 407. The maximum Gasteiger partial charge on any atom is 0.120 e. The van der Waals surface area contributed by atoms with Crippen molar-refractivity contribution in [1.82, 2.24) is 4.90 Å². The van der Waals surface area contributed by atoms with Gasteiger partial charge in [-0.05, 0) is 49.9 Å². The Hall–Kier alpha value is -0.770. The zero-order valence-corrected chi connectivity index (χ0v) is 12.2. The van der Waals surface area contributed by atoms with Crippen molar-refractivity contribution in [3.8, 4) is 5.75 Å². The number of unbranched alkanes of at least 4 members (excludes halogenated alkanes) is 1. The molecule has 0 heterocycles. The Balaban J connectivity index is 1.96. The van der Waals surface area contributed by atoms with Gasteiger partial charge in [0.05, 0.1) is 7.11 Å². The molecule has 4 heteroatoms. The monoisotopic (exact) mass is 283 g/mol. The van der Waals surface area contributed by atoms with E-state index in [4.69, 9.17) is 21.4 Å². The zero-order valence-electron chi connectivity index (χ0n) is 11.4. The van der Waals surface area contributed by atoms with Crippen molar-refractivity contribution >= 4 is 11.6 Å². The highest BCUT2D eigenvalue weighted by molar-refractivity contribution is 6.31. The van der Waals surface area contributed by atoms with Gasteiger partial charge in [0.1, 0.15) is 5.75 Å². The van der Waals surface area contributed by atoms with Gasteiger partial charge in [0, 0.05) is 24.2 Å². The fraction of sp³-hybridized carbons (Fsp3) is 0.600. The quantitative estimate of drug-likeness (QED) is 0.744. The predicted molar refractivity (Wildman–Crippen MR) is 77.8 cm³/mol. The summed E-state index contributed by atoms with van der Waals surface area (Å²) in [6.07, 6.45) is 4.49. The van der Waals surface area contributed by atoms with Gasteiger partial charge in [-0.15, -0.1) is 0 Å². The molecule has 1 N–H and O–H groups in total. The van der Waals surface area contributed by atoms with E-state index in [1.807, 2.05) is 18.2 Å². The first-order valence-corrected chi connectivity index (χ1v) is 7.29. The van der Waals surface area contributed by atoms with Crippen LogP contribution in [0.5, 0.6) is 5.75 Å². The van der Waals surface area contributed by atoms with Crippen LogP contribution in [-0.2, 0) is 6.54 Å². The summed E-state index contributed by atoms with van der Waals surface area (Å²) in [5.74, 6) is 0.798. The van der Waals surface area contributed by atoms with Crippen molar-refractivity contribution < 1.29 is 9.84 Å². The summed E-state index contributed by atoms with van der Waals surface area (Å²) < 4.78 is 5.17. The lowest BCUT2D eigenvalue weighted by Crippen LogP contribution is -2.27. The minimum atomic E-state index is 0.280. The third-order valence-corrected chi connectivity index (χ3v) is 3.90. The molecule has 1 aromatic rings. The second-order valence-electron chi connectivity index (χ2n) is 5.09. The number of rotatable bonds is 8. The van der Waals surface area contributed by atoms with E-state index in [2.05, 4.69) is 4.90 Å². The first-order chi connectivity index (χ1) is 9.24. The fourth-order valence-corrected chi connectivity index (χ4v) is 2.49. The number of aliphatic hydroxyl groups is 1. The molecule has 0 bridgehead atoms. The third-order valence-electron chi connectivity index (χ3n) is 3.55. The molecule has 0 atom stereocenters. The van der Waals surface area contributed by atoms with Gasteiger partial charge in [-0.3, -0.25) is 4.90 Å². The van der Waals surface area contributed by atoms with Gasteiger partial charge in [-0.1, -0.05) is 17.7 Å². The summed E-state index contributed by atoms with van der Waals surface area (Å²) in [6, 6.07) is 6.58. The third kappa shape index (κ3) is 4.37. The lowest BCUT2D eigenvalue weighted by Gasteiger charge is -2.22. The lowest BCUT2D eigenvalue weighted by molar-refractivity contribution is 0.229. The van der Waals surface area contributed by atoms with Crippen LogP contribution in [0.15, 0.2) is 18.2 Å². The smallest absolute Gasteiger partial charge is 0.120 e. The first kappa shape index (κ1) is 14.6. The second kappa shape index (κ2) is 7.13. The number of nitrogens with zero attached hydrogens (tertiary/aromatic N) is 1. The van der Waals surface area contributed by atoms with E-state index in [0.717, 1.165) is 42.3 Å². The molecular weight excluding hydrogens is 262 g/mol. The Morgan fingerprint density at radius 1 is 1.37 bits per heavy atom. The number of halogens is 1. The number of aliphatic hydroxyl groups excluding tert-OH is 1. The summed E-state index contributed by atoms with van der Waals surface area (Å²) in [4.78, 5) is 2.48. The van der Waals surface area contributed by atoms with Crippen molar-refractivity contribution in [2.75, 3.05) is 20.3 Å². The highest BCUT2D eigenvalue weighted by Crippen LogP contribution is 2.31. The van der Waals surface area contributed by atoms with Crippen LogP contribution in [0.3, 0.4) is 0 Å². The topological polar surface area (TPSA) is 32.7 Å². The van der Waals surface area contributed by atoms with E-state index >= 15 is 0 Å². The van der Waals surface area contributed by atoms with Crippen molar-refractivity contribution in [3.05, 3.63) is 28.8 Å². The molecule has 106 valence electrons.